The molecule has 1 aromatic carbocycles. The second-order valence-corrected chi connectivity index (χ2v) is 7.95. The minimum Gasteiger partial charge on any atom is -0.345 e. The molecule has 0 bridgehead atoms. The van der Waals surface area contributed by atoms with Gasteiger partial charge in [0.2, 0.25) is 10.0 Å². The molecule has 23 heavy (non-hydrogen) atoms. The summed E-state index contributed by atoms with van der Waals surface area (Å²) in [5, 5.41) is 8.06. The summed E-state index contributed by atoms with van der Waals surface area (Å²) in [6.45, 7) is 5.61. The van der Waals surface area contributed by atoms with Gasteiger partial charge in [0.1, 0.15) is 0 Å². The van der Waals surface area contributed by atoms with E-state index in [1.165, 1.54) is 36.3 Å². The second kappa shape index (κ2) is 7.42. The van der Waals surface area contributed by atoms with Gasteiger partial charge in [-0.2, -0.15) is 0 Å². The maximum Gasteiger partial charge on any atom is 0.275 e. The predicted molar refractivity (Wildman–Crippen MR) is 88.4 cm³/mol. The molecule has 1 amide bonds. The fourth-order valence-electron chi connectivity index (χ4n) is 3.04. The molecule has 1 aliphatic rings. The van der Waals surface area contributed by atoms with Crippen LogP contribution in [-0.2, 0) is 14.8 Å². The zero-order valence-corrected chi connectivity index (χ0v) is 14.5. The molecule has 0 aromatic heterocycles. The molecule has 128 valence electrons. The molecule has 1 fully saturated rings. The summed E-state index contributed by atoms with van der Waals surface area (Å²) in [5.74, 6) is 0.0248. The van der Waals surface area contributed by atoms with Crippen LogP contribution in [0.15, 0.2) is 29.2 Å². The normalized spacial score (nSPS) is 23.3. The minimum atomic E-state index is -3.68. The number of piperidine rings is 1. The highest BCUT2D eigenvalue weighted by Gasteiger charge is 2.24. The molecule has 1 heterocycles. The van der Waals surface area contributed by atoms with E-state index in [0.717, 1.165) is 12.1 Å². The van der Waals surface area contributed by atoms with E-state index in [4.69, 9.17) is 5.14 Å². The van der Waals surface area contributed by atoms with Crippen molar-refractivity contribution in [3.05, 3.63) is 29.8 Å². The van der Waals surface area contributed by atoms with Crippen molar-refractivity contribution in [3.63, 3.8) is 0 Å². The molecule has 6 nitrogen and oxygen atoms in total. The van der Waals surface area contributed by atoms with Crippen LogP contribution < -0.4 is 15.4 Å². The Morgan fingerprint density at radius 3 is 2.57 bits per heavy atom. The third kappa shape index (κ3) is 5.02. The molecular weight excluding hydrogens is 314 g/mol. The summed E-state index contributed by atoms with van der Waals surface area (Å²) in [6, 6.07) is 6.65. The van der Waals surface area contributed by atoms with Gasteiger partial charge in [-0.1, -0.05) is 12.1 Å². The van der Waals surface area contributed by atoms with Crippen molar-refractivity contribution in [2.45, 2.75) is 50.1 Å². The average molecular weight is 340 g/mol. The fraction of sp³-hybridized carbons (Fsp3) is 0.562. The summed E-state index contributed by atoms with van der Waals surface area (Å²) in [4.78, 5) is 13.6. The lowest BCUT2D eigenvalue weighted by atomic mass is 10.0. The van der Waals surface area contributed by atoms with Gasteiger partial charge >= 0.3 is 0 Å². The van der Waals surface area contributed by atoms with Gasteiger partial charge in [0.05, 0.1) is 23.5 Å². The quantitative estimate of drug-likeness (QED) is 0.702. The monoisotopic (exact) mass is 340 g/mol. The van der Waals surface area contributed by atoms with Crippen LogP contribution in [0.3, 0.4) is 0 Å². The van der Waals surface area contributed by atoms with E-state index in [0.29, 0.717) is 12.6 Å². The van der Waals surface area contributed by atoms with Crippen molar-refractivity contribution >= 4 is 15.9 Å². The van der Waals surface area contributed by atoms with Crippen LogP contribution in [-0.4, -0.2) is 33.5 Å². The Balaban J connectivity index is 1.93. The Kier molecular flexibility index (Phi) is 5.78. The van der Waals surface area contributed by atoms with Crippen LogP contribution in [0, 0.1) is 0 Å². The van der Waals surface area contributed by atoms with Crippen molar-refractivity contribution in [3.8, 4) is 0 Å². The number of primary sulfonamides is 1. The summed E-state index contributed by atoms with van der Waals surface area (Å²) in [5.41, 5.74) is 0.854. The van der Waals surface area contributed by atoms with Gasteiger partial charge in [0, 0.05) is 0 Å². The van der Waals surface area contributed by atoms with Crippen molar-refractivity contribution in [1.82, 2.24) is 5.32 Å². The Morgan fingerprint density at radius 2 is 2.00 bits per heavy atom. The second-order valence-electron chi connectivity index (χ2n) is 6.39. The number of sulfonamides is 1. The number of carbonyl (C=O) groups excluding carboxylic acids is 1. The fourth-order valence-corrected chi connectivity index (χ4v) is 3.56. The molecule has 0 aliphatic carbocycles. The number of nitrogens with one attached hydrogen (secondary N) is 2. The first-order valence-corrected chi connectivity index (χ1v) is 9.58. The number of quaternary nitrogens is 1. The van der Waals surface area contributed by atoms with Gasteiger partial charge in [0.15, 0.2) is 6.54 Å². The summed E-state index contributed by atoms with van der Waals surface area (Å²) < 4.78 is 22.5. The van der Waals surface area contributed by atoms with E-state index < -0.39 is 10.0 Å². The molecule has 7 heteroatoms. The van der Waals surface area contributed by atoms with Crippen LogP contribution in [0.5, 0.6) is 0 Å². The molecule has 0 radical (unpaired) electrons. The predicted octanol–water partition coefficient (Wildman–Crippen LogP) is -0.0315. The van der Waals surface area contributed by atoms with E-state index >= 15 is 0 Å². The highest BCUT2D eigenvalue weighted by Crippen LogP contribution is 2.15. The van der Waals surface area contributed by atoms with Gasteiger partial charge < -0.3 is 10.2 Å². The van der Waals surface area contributed by atoms with Gasteiger partial charge in [-0.05, 0) is 50.8 Å². The van der Waals surface area contributed by atoms with E-state index in [9.17, 15) is 13.2 Å². The Bertz CT molecular complexity index is 643. The lowest BCUT2D eigenvalue weighted by Gasteiger charge is -2.30. The third-order valence-corrected chi connectivity index (χ3v) is 5.48. The van der Waals surface area contributed by atoms with Gasteiger partial charge in [-0.15, -0.1) is 0 Å². The Labute approximate surface area is 138 Å². The highest BCUT2D eigenvalue weighted by atomic mass is 32.2. The molecule has 4 N–H and O–H groups in total. The number of benzene rings is 1. The average Bonchev–Trinajstić information content (AvgIpc) is 2.49. The van der Waals surface area contributed by atoms with E-state index in [1.54, 1.807) is 12.1 Å². The van der Waals surface area contributed by atoms with Crippen LogP contribution in [0.4, 0.5) is 0 Å². The molecule has 1 saturated heterocycles. The SMILES string of the molecule is C[C@H](NC(=O)C[NH+]1CCCC[C@@H]1C)c1ccc(S(N)(=O)=O)cc1. The Morgan fingerprint density at radius 1 is 1.35 bits per heavy atom. The minimum absolute atomic E-state index is 0.0248. The lowest BCUT2D eigenvalue weighted by molar-refractivity contribution is -0.921. The number of amides is 1. The molecule has 1 aromatic rings. The highest BCUT2D eigenvalue weighted by molar-refractivity contribution is 7.89. The van der Waals surface area contributed by atoms with Gasteiger partial charge in [-0.25, -0.2) is 13.6 Å². The Hall–Kier alpha value is -1.44. The number of likely N-dealkylation sites (tertiary alicyclic amines) is 1. The molecule has 1 unspecified atom stereocenters. The smallest absolute Gasteiger partial charge is 0.275 e. The van der Waals surface area contributed by atoms with Gasteiger partial charge in [0.25, 0.3) is 5.91 Å². The number of hydrogen-bond donors (Lipinski definition) is 3. The van der Waals surface area contributed by atoms with E-state index in [2.05, 4.69) is 12.2 Å². The maximum absolute atomic E-state index is 12.2. The first-order chi connectivity index (χ1) is 10.8. The van der Waals surface area contributed by atoms with Crippen LogP contribution in [0.1, 0.15) is 44.7 Å². The molecule has 2 rings (SSSR count). The van der Waals surface area contributed by atoms with E-state index in [1.807, 2.05) is 6.92 Å². The number of rotatable bonds is 5. The van der Waals surface area contributed by atoms with Crippen LogP contribution >= 0.6 is 0 Å². The van der Waals surface area contributed by atoms with Crippen molar-refractivity contribution < 1.29 is 18.1 Å². The number of carbonyl (C=O) groups is 1. The molecule has 0 saturated carbocycles. The molecule has 1 aliphatic heterocycles. The molecule has 3 atom stereocenters. The summed E-state index contributed by atoms with van der Waals surface area (Å²) in [6.07, 6.45) is 3.60. The number of hydrogen-bond acceptors (Lipinski definition) is 3. The summed E-state index contributed by atoms with van der Waals surface area (Å²) in [7, 11) is -3.68. The van der Waals surface area contributed by atoms with Crippen LogP contribution in [0.2, 0.25) is 0 Å². The zero-order chi connectivity index (χ0) is 17.0. The molecule has 0 spiro atoms. The largest absolute Gasteiger partial charge is 0.345 e. The van der Waals surface area contributed by atoms with Crippen molar-refractivity contribution in [2.24, 2.45) is 5.14 Å². The van der Waals surface area contributed by atoms with Gasteiger partial charge in [-0.3, -0.25) is 4.79 Å². The van der Waals surface area contributed by atoms with E-state index in [-0.39, 0.29) is 16.8 Å². The standard InChI is InChI=1S/C16H25N3O3S/c1-12-5-3-4-10-19(12)11-16(20)18-13(2)14-6-8-15(9-7-14)23(17,21)22/h6-9,12-13H,3-5,10-11H2,1-2H3,(H,18,20)(H2,17,21,22)/p+1/t12-,13-/m0/s1. The van der Waals surface area contributed by atoms with Crippen molar-refractivity contribution in [2.75, 3.05) is 13.1 Å². The van der Waals surface area contributed by atoms with Crippen molar-refractivity contribution in [1.29, 1.82) is 0 Å². The topological polar surface area (TPSA) is 93.7 Å². The zero-order valence-electron chi connectivity index (χ0n) is 13.7. The summed E-state index contributed by atoms with van der Waals surface area (Å²) >= 11 is 0. The molecular formula is C16H26N3O3S+. The maximum atomic E-state index is 12.2. The first kappa shape index (κ1) is 17.9. The lowest BCUT2D eigenvalue weighted by Crippen LogP contribution is -3.17. The third-order valence-electron chi connectivity index (χ3n) is 4.56. The first-order valence-electron chi connectivity index (χ1n) is 8.04. The number of nitrogens with two attached hydrogens (primary N) is 1. The van der Waals surface area contributed by atoms with Crippen LogP contribution in [0.25, 0.3) is 0 Å².